The highest BCUT2D eigenvalue weighted by Gasteiger charge is 2.44. The van der Waals surface area contributed by atoms with Gasteiger partial charge in [0.25, 0.3) is 0 Å². The Labute approximate surface area is 119 Å². The molecule has 0 radical (unpaired) electrons. The van der Waals surface area contributed by atoms with Gasteiger partial charge in [-0.1, -0.05) is 18.2 Å². The van der Waals surface area contributed by atoms with E-state index >= 15 is 0 Å². The van der Waals surface area contributed by atoms with Gasteiger partial charge in [0.2, 0.25) is 0 Å². The molecule has 1 aromatic heterocycles. The van der Waals surface area contributed by atoms with Crippen LogP contribution in [0.5, 0.6) is 0 Å². The monoisotopic (exact) mass is 272 g/mol. The summed E-state index contributed by atoms with van der Waals surface area (Å²) >= 11 is 0. The van der Waals surface area contributed by atoms with E-state index in [4.69, 9.17) is 9.84 Å². The van der Waals surface area contributed by atoms with Gasteiger partial charge in [0.1, 0.15) is 6.04 Å². The van der Waals surface area contributed by atoms with Crippen molar-refractivity contribution in [1.82, 2.24) is 9.78 Å². The summed E-state index contributed by atoms with van der Waals surface area (Å²) in [4.78, 5) is 0. The summed E-state index contributed by atoms with van der Waals surface area (Å²) in [5.74, 6) is 0. The first-order valence-corrected chi connectivity index (χ1v) is 7.56. The first kappa shape index (κ1) is 12.4. The van der Waals surface area contributed by atoms with Crippen LogP contribution in [0.3, 0.4) is 0 Å². The Balaban J connectivity index is 1.85. The van der Waals surface area contributed by atoms with Crippen LogP contribution >= 0.6 is 0 Å². The van der Waals surface area contributed by atoms with E-state index < -0.39 is 0 Å². The Morgan fingerprint density at radius 3 is 2.95 bits per heavy atom. The molecule has 4 nitrogen and oxygen atoms in total. The van der Waals surface area contributed by atoms with Crippen molar-refractivity contribution in [1.29, 1.82) is 0 Å². The Kier molecular flexibility index (Phi) is 2.66. The topological polar surface area (TPSA) is 27.1 Å². The standard InChI is InChI=1S/C16H22N3O/c1-19(2)10-5-8-14(19)16-15-12-6-3-4-7-13(12)17-18(15)9-11-20-16/h3-4,6-7,14,16H,5,8-11H2,1-2H3/q+1/t14-,16?/m0/s1. The minimum Gasteiger partial charge on any atom is -0.364 e. The molecule has 4 heteroatoms. The number of hydrogen-bond donors (Lipinski definition) is 0. The zero-order valence-corrected chi connectivity index (χ0v) is 12.2. The fourth-order valence-electron chi connectivity index (χ4n) is 3.95. The van der Waals surface area contributed by atoms with Crippen molar-refractivity contribution in [2.75, 3.05) is 27.2 Å². The third kappa shape index (κ3) is 1.71. The second kappa shape index (κ2) is 4.30. The van der Waals surface area contributed by atoms with Crippen molar-refractivity contribution < 1.29 is 9.22 Å². The Morgan fingerprint density at radius 1 is 1.30 bits per heavy atom. The van der Waals surface area contributed by atoms with E-state index in [9.17, 15) is 0 Å². The molecule has 0 saturated carbocycles. The third-order valence-electron chi connectivity index (χ3n) is 5.04. The zero-order valence-electron chi connectivity index (χ0n) is 12.2. The minimum absolute atomic E-state index is 0.189. The van der Waals surface area contributed by atoms with Gasteiger partial charge in [-0.25, -0.2) is 0 Å². The molecule has 2 aliphatic rings. The summed E-state index contributed by atoms with van der Waals surface area (Å²) in [6.45, 7) is 2.90. The van der Waals surface area contributed by atoms with Crippen molar-refractivity contribution in [3.8, 4) is 0 Å². The number of ether oxygens (including phenoxy) is 1. The molecule has 0 aliphatic carbocycles. The van der Waals surface area contributed by atoms with Crippen LogP contribution in [0.4, 0.5) is 0 Å². The number of fused-ring (bicyclic) bond motifs is 3. The molecule has 3 heterocycles. The molecular formula is C16H22N3O+. The summed E-state index contributed by atoms with van der Waals surface area (Å²) in [7, 11) is 4.66. The molecule has 2 aliphatic heterocycles. The van der Waals surface area contributed by atoms with Crippen LogP contribution in [0, 0.1) is 0 Å². The number of likely N-dealkylation sites (N-methyl/N-ethyl adjacent to an activating group) is 1. The van der Waals surface area contributed by atoms with Gasteiger partial charge < -0.3 is 9.22 Å². The predicted octanol–water partition coefficient (Wildman–Crippen LogP) is 2.35. The second-order valence-electron chi connectivity index (χ2n) is 6.63. The van der Waals surface area contributed by atoms with Crippen molar-refractivity contribution in [3.05, 3.63) is 30.0 Å². The molecule has 4 rings (SSSR count). The first-order valence-electron chi connectivity index (χ1n) is 7.56. The normalized spacial score (nSPS) is 28.7. The average molecular weight is 272 g/mol. The van der Waals surface area contributed by atoms with Gasteiger partial charge in [0, 0.05) is 18.2 Å². The molecule has 0 spiro atoms. The van der Waals surface area contributed by atoms with E-state index in [1.54, 1.807) is 0 Å². The molecule has 0 amide bonds. The van der Waals surface area contributed by atoms with Crippen molar-refractivity contribution in [2.45, 2.75) is 31.5 Å². The highest BCUT2D eigenvalue weighted by Crippen LogP contribution is 2.39. The smallest absolute Gasteiger partial charge is 0.151 e. The maximum atomic E-state index is 6.21. The predicted molar refractivity (Wildman–Crippen MR) is 78.4 cm³/mol. The average Bonchev–Trinajstić information content (AvgIpc) is 2.98. The van der Waals surface area contributed by atoms with Gasteiger partial charge in [0.05, 0.1) is 45.0 Å². The second-order valence-corrected chi connectivity index (χ2v) is 6.63. The lowest BCUT2D eigenvalue weighted by Gasteiger charge is -2.38. The van der Waals surface area contributed by atoms with Crippen LogP contribution in [-0.2, 0) is 11.3 Å². The Hall–Kier alpha value is -1.39. The first-order chi connectivity index (χ1) is 9.67. The molecule has 106 valence electrons. The van der Waals surface area contributed by atoms with Crippen LogP contribution in [0.15, 0.2) is 24.3 Å². The number of aromatic nitrogens is 2. The van der Waals surface area contributed by atoms with Crippen molar-refractivity contribution in [2.24, 2.45) is 0 Å². The fourth-order valence-corrected chi connectivity index (χ4v) is 3.95. The van der Waals surface area contributed by atoms with Crippen molar-refractivity contribution >= 4 is 10.9 Å². The Morgan fingerprint density at radius 2 is 2.15 bits per heavy atom. The number of quaternary nitrogens is 1. The number of rotatable bonds is 1. The van der Waals surface area contributed by atoms with Crippen LogP contribution < -0.4 is 0 Å². The largest absolute Gasteiger partial charge is 0.364 e. The van der Waals surface area contributed by atoms with E-state index in [1.165, 1.54) is 30.5 Å². The summed E-state index contributed by atoms with van der Waals surface area (Å²) < 4.78 is 9.45. The lowest BCUT2D eigenvalue weighted by molar-refractivity contribution is -0.906. The van der Waals surface area contributed by atoms with E-state index in [0.29, 0.717) is 6.04 Å². The molecular weight excluding hydrogens is 250 g/mol. The van der Waals surface area contributed by atoms with Crippen molar-refractivity contribution in [3.63, 3.8) is 0 Å². The van der Waals surface area contributed by atoms with Crippen LogP contribution in [0.1, 0.15) is 24.6 Å². The summed E-state index contributed by atoms with van der Waals surface area (Å²) in [6.07, 6.45) is 2.73. The number of nitrogens with zero attached hydrogens (tertiary/aromatic N) is 3. The molecule has 1 fully saturated rings. The highest BCUT2D eigenvalue weighted by molar-refractivity contribution is 5.82. The number of hydrogen-bond acceptors (Lipinski definition) is 2. The minimum atomic E-state index is 0.189. The van der Waals surface area contributed by atoms with Crippen LogP contribution in [0.2, 0.25) is 0 Å². The van der Waals surface area contributed by atoms with E-state index in [0.717, 1.165) is 23.2 Å². The maximum Gasteiger partial charge on any atom is 0.151 e. The molecule has 20 heavy (non-hydrogen) atoms. The van der Waals surface area contributed by atoms with Crippen LogP contribution in [0.25, 0.3) is 10.9 Å². The fraction of sp³-hybridized carbons (Fsp3) is 0.562. The lowest BCUT2D eigenvalue weighted by Crippen LogP contribution is -2.49. The highest BCUT2D eigenvalue weighted by atomic mass is 16.5. The summed E-state index contributed by atoms with van der Waals surface area (Å²) in [6, 6.07) is 9.00. The van der Waals surface area contributed by atoms with Crippen LogP contribution in [-0.4, -0.2) is 47.6 Å². The summed E-state index contributed by atoms with van der Waals surface area (Å²) in [5.41, 5.74) is 2.39. The van der Waals surface area contributed by atoms with Gasteiger partial charge in [0.15, 0.2) is 6.10 Å². The van der Waals surface area contributed by atoms with E-state index in [2.05, 4.69) is 43.0 Å². The van der Waals surface area contributed by atoms with Gasteiger partial charge in [-0.2, -0.15) is 5.10 Å². The third-order valence-corrected chi connectivity index (χ3v) is 5.04. The van der Waals surface area contributed by atoms with Gasteiger partial charge in [-0.15, -0.1) is 0 Å². The number of benzene rings is 1. The summed E-state index contributed by atoms with van der Waals surface area (Å²) in [5, 5.41) is 6.02. The Bertz CT molecular complexity index is 646. The maximum absolute atomic E-state index is 6.21. The quantitative estimate of drug-likeness (QED) is 0.745. The zero-order chi connectivity index (χ0) is 13.7. The number of likely N-dealkylation sites (tertiary alicyclic amines) is 1. The van der Waals surface area contributed by atoms with E-state index in [1.807, 2.05) is 0 Å². The molecule has 1 saturated heterocycles. The SMILES string of the molecule is C[N+]1(C)CCC[C@H]1C1OCCn2nc3ccccc3c21. The molecule has 0 N–H and O–H groups in total. The van der Waals surface area contributed by atoms with Gasteiger partial charge >= 0.3 is 0 Å². The molecule has 2 atom stereocenters. The van der Waals surface area contributed by atoms with Gasteiger partial charge in [-0.3, -0.25) is 4.68 Å². The molecule has 2 aromatic rings. The molecule has 1 unspecified atom stereocenters. The molecule has 0 bridgehead atoms. The lowest BCUT2D eigenvalue weighted by atomic mass is 10.0. The van der Waals surface area contributed by atoms with Gasteiger partial charge in [-0.05, 0) is 6.07 Å². The molecule has 1 aromatic carbocycles. The van der Waals surface area contributed by atoms with E-state index in [-0.39, 0.29) is 6.10 Å².